The molecule has 7 heteroatoms. The molecule has 7 nitrogen and oxygen atoms in total. The SMILES string of the molecule is CC1(C(=O)O)CCCN(C(=O)CCn2ccnn2)C1. The van der Waals surface area contributed by atoms with Crippen molar-refractivity contribution in [3.05, 3.63) is 12.4 Å². The lowest BCUT2D eigenvalue weighted by molar-refractivity contribution is -0.153. The number of carboxylic acids is 1. The predicted octanol–water partition coefficient (Wildman–Crippen LogP) is 0.381. The number of aromatic nitrogens is 3. The zero-order chi connectivity index (χ0) is 13.9. The van der Waals surface area contributed by atoms with Crippen LogP contribution in [0.5, 0.6) is 0 Å². The van der Waals surface area contributed by atoms with E-state index in [9.17, 15) is 14.7 Å². The average Bonchev–Trinajstić information content (AvgIpc) is 2.89. The maximum atomic E-state index is 12.1. The summed E-state index contributed by atoms with van der Waals surface area (Å²) in [5, 5.41) is 16.7. The number of hydrogen-bond acceptors (Lipinski definition) is 4. The highest BCUT2D eigenvalue weighted by Gasteiger charge is 2.39. The summed E-state index contributed by atoms with van der Waals surface area (Å²) >= 11 is 0. The Morgan fingerprint density at radius 1 is 1.47 bits per heavy atom. The Kier molecular flexibility index (Phi) is 3.82. The Hall–Kier alpha value is -1.92. The molecule has 1 unspecified atom stereocenters. The molecule has 104 valence electrons. The number of hydrogen-bond donors (Lipinski definition) is 1. The molecule has 1 aromatic heterocycles. The maximum absolute atomic E-state index is 12.1. The van der Waals surface area contributed by atoms with E-state index in [0.717, 1.165) is 6.42 Å². The van der Waals surface area contributed by atoms with E-state index in [0.29, 0.717) is 32.5 Å². The molecule has 0 bridgehead atoms. The molecule has 1 aromatic rings. The summed E-state index contributed by atoms with van der Waals surface area (Å²) in [5.74, 6) is -0.857. The second-order valence-electron chi connectivity index (χ2n) is 5.20. The first-order chi connectivity index (χ1) is 9.01. The first-order valence-corrected chi connectivity index (χ1v) is 6.36. The zero-order valence-corrected chi connectivity index (χ0v) is 10.9. The van der Waals surface area contributed by atoms with Crippen molar-refractivity contribution in [2.45, 2.75) is 32.7 Å². The van der Waals surface area contributed by atoms with E-state index >= 15 is 0 Å². The molecule has 1 N–H and O–H groups in total. The highest BCUT2D eigenvalue weighted by atomic mass is 16.4. The molecule has 1 aliphatic rings. The number of amides is 1. The highest BCUT2D eigenvalue weighted by Crippen LogP contribution is 2.29. The number of likely N-dealkylation sites (tertiary alicyclic amines) is 1. The van der Waals surface area contributed by atoms with Crippen LogP contribution in [0, 0.1) is 5.41 Å². The number of nitrogens with zero attached hydrogens (tertiary/aromatic N) is 4. The molecule has 1 amide bonds. The van der Waals surface area contributed by atoms with Crippen LogP contribution < -0.4 is 0 Å². The van der Waals surface area contributed by atoms with E-state index in [-0.39, 0.29) is 5.91 Å². The summed E-state index contributed by atoms with van der Waals surface area (Å²) in [6.45, 7) is 3.10. The van der Waals surface area contributed by atoms with E-state index < -0.39 is 11.4 Å². The van der Waals surface area contributed by atoms with Crippen LogP contribution in [0.4, 0.5) is 0 Å². The van der Waals surface area contributed by atoms with Gasteiger partial charge in [0.2, 0.25) is 5.91 Å². The van der Waals surface area contributed by atoms with Crippen LogP contribution in [0.2, 0.25) is 0 Å². The normalized spacial score (nSPS) is 23.3. The van der Waals surface area contributed by atoms with Gasteiger partial charge in [0, 0.05) is 25.7 Å². The molecule has 1 atom stereocenters. The van der Waals surface area contributed by atoms with Crippen LogP contribution in [-0.4, -0.2) is 50.0 Å². The standard InChI is InChI=1S/C12H18N4O3/c1-12(11(18)19)4-2-6-15(9-12)10(17)3-7-16-8-5-13-14-16/h5,8H,2-4,6-7,9H2,1H3,(H,18,19). The van der Waals surface area contributed by atoms with Gasteiger partial charge >= 0.3 is 5.97 Å². The summed E-state index contributed by atoms with van der Waals surface area (Å²) in [6, 6.07) is 0. The molecule has 1 saturated heterocycles. The van der Waals surface area contributed by atoms with E-state index in [1.807, 2.05) is 0 Å². The van der Waals surface area contributed by atoms with E-state index in [2.05, 4.69) is 10.3 Å². The summed E-state index contributed by atoms with van der Waals surface area (Å²) in [5.41, 5.74) is -0.818. The van der Waals surface area contributed by atoms with Crippen LogP contribution in [0.25, 0.3) is 0 Å². The van der Waals surface area contributed by atoms with Crippen molar-refractivity contribution in [3.8, 4) is 0 Å². The third-order valence-corrected chi connectivity index (χ3v) is 3.59. The minimum atomic E-state index is -0.832. The number of carboxylic acid groups (broad SMARTS) is 1. The van der Waals surface area contributed by atoms with Crippen LogP contribution in [-0.2, 0) is 16.1 Å². The Morgan fingerprint density at radius 3 is 2.89 bits per heavy atom. The van der Waals surface area contributed by atoms with E-state index in [1.54, 1.807) is 28.9 Å². The van der Waals surface area contributed by atoms with Gasteiger partial charge < -0.3 is 10.0 Å². The van der Waals surface area contributed by atoms with Crippen LogP contribution >= 0.6 is 0 Å². The largest absolute Gasteiger partial charge is 0.481 e. The van der Waals surface area contributed by atoms with Crippen molar-refractivity contribution < 1.29 is 14.7 Å². The van der Waals surface area contributed by atoms with Gasteiger partial charge in [0.05, 0.1) is 18.2 Å². The van der Waals surface area contributed by atoms with Gasteiger partial charge in [0.1, 0.15) is 0 Å². The van der Waals surface area contributed by atoms with Gasteiger partial charge in [-0.3, -0.25) is 14.3 Å². The highest BCUT2D eigenvalue weighted by molar-refractivity contribution is 5.79. The number of carbonyl (C=O) groups is 2. The molecule has 0 radical (unpaired) electrons. The molecule has 1 aliphatic heterocycles. The van der Waals surface area contributed by atoms with Gasteiger partial charge in [-0.05, 0) is 19.8 Å². The van der Waals surface area contributed by atoms with Crippen LogP contribution in [0.3, 0.4) is 0 Å². The van der Waals surface area contributed by atoms with Crippen LogP contribution in [0.15, 0.2) is 12.4 Å². The third-order valence-electron chi connectivity index (χ3n) is 3.59. The summed E-state index contributed by atoms with van der Waals surface area (Å²) in [7, 11) is 0. The topological polar surface area (TPSA) is 88.3 Å². The molecule has 2 heterocycles. The van der Waals surface area contributed by atoms with Gasteiger partial charge in [-0.25, -0.2) is 0 Å². The van der Waals surface area contributed by atoms with E-state index in [1.165, 1.54) is 0 Å². The molecular formula is C12H18N4O3. The van der Waals surface area contributed by atoms with E-state index in [4.69, 9.17) is 0 Å². The molecule has 2 rings (SSSR count). The molecule has 0 spiro atoms. The molecule has 0 saturated carbocycles. The Balaban J connectivity index is 1.90. The number of rotatable bonds is 4. The Morgan fingerprint density at radius 2 is 2.26 bits per heavy atom. The first-order valence-electron chi connectivity index (χ1n) is 6.36. The molecule has 1 fully saturated rings. The zero-order valence-electron chi connectivity index (χ0n) is 10.9. The fourth-order valence-corrected chi connectivity index (χ4v) is 2.35. The van der Waals surface area contributed by atoms with Crippen molar-refractivity contribution >= 4 is 11.9 Å². The number of piperidine rings is 1. The van der Waals surface area contributed by atoms with Gasteiger partial charge in [-0.1, -0.05) is 5.21 Å². The second-order valence-corrected chi connectivity index (χ2v) is 5.20. The summed E-state index contributed by atoms with van der Waals surface area (Å²) in [4.78, 5) is 25.0. The lowest BCUT2D eigenvalue weighted by Crippen LogP contribution is -2.48. The van der Waals surface area contributed by atoms with Crippen molar-refractivity contribution in [1.82, 2.24) is 19.9 Å². The van der Waals surface area contributed by atoms with Crippen molar-refractivity contribution in [2.75, 3.05) is 13.1 Å². The minimum Gasteiger partial charge on any atom is -0.481 e. The fourth-order valence-electron chi connectivity index (χ4n) is 2.35. The van der Waals surface area contributed by atoms with Gasteiger partial charge in [0.25, 0.3) is 0 Å². The van der Waals surface area contributed by atoms with Crippen LogP contribution in [0.1, 0.15) is 26.2 Å². The monoisotopic (exact) mass is 266 g/mol. The van der Waals surface area contributed by atoms with Crippen molar-refractivity contribution in [3.63, 3.8) is 0 Å². The Bertz CT molecular complexity index is 460. The van der Waals surface area contributed by atoms with Crippen molar-refractivity contribution in [2.24, 2.45) is 5.41 Å². The summed E-state index contributed by atoms with van der Waals surface area (Å²) in [6.07, 6.45) is 4.93. The average molecular weight is 266 g/mol. The summed E-state index contributed by atoms with van der Waals surface area (Å²) < 4.78 is 1.60. The second kappa shape index (κ2) is 5.38. The lowest BCUT2D eigenvalue weighted by atomic mass is 9.82. The molecule has 19 heavy (non-hydrogen) atoms. The number of carbonyl (C=O) groups excluding carboxylic acids is 1. The minimum absolute atomic E-state index is 0.0253. The van der Waals surface area contributed by atoms with Gasteiger partial charge in [-0.2, -0.15) is 0 Å². The fraction of sp³-hybridized carbons (Fsp3) is 0.667. The maximum Gasteiger partial charge on any atom is 0.311 e. The quantitative estimate of drug-likeness (QED) is 0.851. The van der Waals surface area contributed by atoms with Gasteiger partial charge in [0.15, 0.2) is 0 Å². The Labute approximate surface area is 111 Å². The molecule has 0 aliphatic carbocycles. The predicted molar refractivity (Wildman–Crippen MR) is 66.2 cm³/mol. The molecular weight excluding hydrogens is 248 g/mol. The third kappa shape index (κ3) is 3.10. The number of aryl methyl sites for hydroxylation is 1. The lowest BCUT2D eigenvalue weighted by Gasteiger charge is -2.37. The first kappa shape index (κ1) is 13.5. The van der Waals surface area contributed by atoms with Gasteiger partial charge in [-0.15, -0.1) is 5.10 Å². The molecule has 0 aromatic carbocycles. The number of aliphatic carboxylic acids is 1. The van der Waals surface area contributed by atoms with Crippen molar-refractivity contribution in [1.29, 1.82) is 0 Å². The smallest absolute Gasteiger partial charge is 0.311 e.